The van der Waals surface area contributed by atoms with Gasteiger partial charge in [-0.05, 0) is 34.1 Å². The predicted molar refractivity (Wildman–Crippen MR) is 109 cm³/mol. The van der Waals surface area contributed by atoms with E-state index in [2.05, 4.69) is 5.32 Å². The van der Waals surface area contributed by atoms with Gasteiger partial charge in [0, 0.05) is 6.61 Å². The SMILES string of the molecule is CCCCO[C@H]1COC[C@H](NC(=O)OC(C)(C)C)C(=O)O[C@@H](C)[C@@H]1OC(=O)C(C)C. The van der Waals surface area contributed by atoms with Gasteiger partial charge in [-0.1, -0.05) is 27.2 Å². The van der Waals surface area contributed by atoms with E-state index in [0.29, 0.717) is 6.61 Å². The van der Waals surface area contributed by atoms with E-state index < -0.39 is 48.0 Å². The summed E-state index contributed by atoms with van der Waals surface area (Å²) in [5.41, 5.74) is -0.713. The van der Waals surface area contributed by atoms with Crippen LogP contribution in [0.25, 0.3) is 0 Å². The number of rotatable bonds is 7. The van der Waals surface area contributed by atoms with E-state index >= 15 is 0 Å². The summed E-state index contributed by atoms with van der Waals surface area (Å²) in [4.78, 5) is 36.9. The van der Waals surface area contributed by atoms with E-state index in [1.165, 1.54) is 0 Å². The van der Waals surface area contributed by atoms with Gasteiger partial charge in [-0.15, -0.1) is 0 Å². The molecule has 1 saturated heterocycles. The second-order valence-corrected chi connectivity index (χ2v) is 8.70. The van der Waals surface area contributed by atoms with E-state index in [1.54, 1.807) is 41.5 Å². The topological polar surface area (TPSA) is 109 Å². The molecule has 0 spiro atoms. The molecule has 0 radical (unpaired) electrons. The lowest BCUT2D eigenvalue weighted by molar-refractivity contribution is -0.183. The van der Waals surface area contributed by atoms with E-state index in [-0.39, 0.29) is 19.1 Å². The minimum absolute atomic E-state index is 0.0766. The summed E-state index contributed by atoms with van der Waals surface area (Å²) in [6.45, 7) is 12.7. The Morgan fingerprint density at radius 2 is 1.90 bits per heavy atom. The fourth-order valence-electron chi connectivity index (χ4n) is 2.61. The van der Waals surface area contributed by atoms with Crippen molar-refractivity contribution in [3.63, 3.8) is 0 Å². The van der Waals surface area contributed by atoms with Gasteiger partial charge in [0.2, 0.25) is 0 Å². The number of nitrogens with one attached hydrogen (secondary N) is 1. The van der Waals surface area contributed by atoms with Crippen LogP contribution in [-0.2, 0) is 33.3 Å². The highest BCUT2D eigenvalue weighted by Gasteiger charge is 2.38. The molecule has 174 valence electrons. The van der Waals surface area contributed by atoms with Gasteiger partial charge in [-0.2, -0.15) is 0 Å². The van der Waals surface area contributed by atoms with Crippen LogP contribution in [0.1, 0.15) is 61.3 Å². The number of esters is 2. The number of alkyl carbamates (subject to hydrolysis) is 1. The second-order valence-electron chi connectivity index (χ2n) is 8.70. The van der Waals surface area contributed by atoms with Crippen LogP contribution in [0.4, 0.5) is 4.79 Å². The Balaban J connectivity index is 2.94. The van der Waals surface area contributed by atoms with Gasteiger partial charge < -0.3 is 29.0 Å². The number of ether oxygens (including phenoxy) is 5. The van der Waals surface area contributed by atoms with Crippen LogP contribution >= 0.6 is 0 Å². The molecular formula is C21H37NO8. The molecule has 1 heterocycles. The maximum absolute atomic E-state index is 12.6. The summed E-state index contributed by atoms with van der Waals surface area (Å²) >= 11 is 0. The first kappa shape index (κ1) is 26.2. The Bertz CT molecular complexity index is 572. The summed E-state index contributed by atoms with van der Waals surface area (Å²) in [5, 5.41) is 2.47. The molecule has 1 N–H and O–H groups in total. The molecule has 1 fully saturated rings. The highest BCUT2D eigenvalue weighted by Crippen LogP contribution is 2.18. The van der Waals surface area contributed by atoms with E-state index in [0.717, 1.165) is 12.8 Å². The molecule has 0 unspecified atom stereocenters. The van der Waals surface area contributed by atoms with E-state index in [1.807, 2.05) is 6.92 Å². The Morgan fingerprint density at radius 1 is 1.23 bits per heavy atom. The van der Waals surface area contributed by atoms with Crippen molar-refractivity contribution in [1.82, 2.24) is 5.32 Å². The van der Waals surface area contributed by atoms with Crippen LogP contribution in [0.15, 0.2) is 0 Å². The molecule has 9 heteroatoms. The standard InChI is InChI=1S/C21H37NO8/c1-8-9-10-27-16-12-26-11-15(22-20(25)30-21(5,6)7)19(24)28-14(4)17(16)29-18(23)13(2)3/h13-17H,8-12H2,1-7H3,(H,22,25)/t14-,15-,16-,17-/m0/s1. The van der Waals surface area contributed by atoms with Crippen molar-refractivity contribution in [3.8, 4) is 0 Å². The molecule has 0 aromatic rings. The van der Waals surface area contributed by atoms with Crippen LogP contribution < -0.4 is 5.32 Å². The summed E-state index contributed by atoms with van der Waals surface area (Å²) < 4.78 is 27.8. The first-order valence-electron chi connectivity index (χ1n) is 10.5. The van der Waals surface area contributed by atoms with Crippen LogP contribution in [0.3, 0.4) is 0 Å². The number of carbonyl (C=O) groups excluding carboxylic acids is 3. The Hall–Kier alpha value is -1.87. The highest BCUT2D eigenvalue weighted by atomic mass is 16.6. The molecule has 1 aliphatic heterocycles. The quantitative estimate of drug-likeness (QED) is 0.372. The molecule has 0 aromatic heterocycles. The lowest BCUT2D eigenvalue weighted by Gasteiger charge is -2.30. The van der Waals surface area contributed by atoms with Gasteiger partial charge in [0.1, 0.15) is 17.8 Å². The summed E-state index contributed by atoms with van der Waals surface area (Å²) in [6.07, 6.45) is -1.22. The number of cyclic esters (lactones) is 1. The van der Waals surface area contributed by atoms with Gasteiger partial charge in [-0.25, -0.2) is 9.59 Å². The first-order chi connectivity index (χ1) is 13.9. The van der Waals surface area contributed by atoms with Crippen LogP contribution in [-0.4, -0.2) is 67.8 Å². The van der Waals surface area contributed by atoms with Gasteiger partial charge >= 0.3 is 18.0 Å². The zero-order valence-electron chi connectivity index (χ0n) is 19.2. The summed E-state index contributed by atoms with van der Waals surface area (Å²) in [7, 11) is 0. The van der Waals surface area contributed by atoms with E-state index in [4.69, 9.17) is 23.7 Å². The molecule has 0 saturated carbocycles. The number of hydrogen-bond donors (Lipinski definition) is 1. The predicted octanol–water partition coefficient (Wildman–Crippen LogP) is 2.59. The molecule has 0 bridgehead atoms. The van der Waals surface area contributed by atoms with Crippen molar-refractivity contribution in [2.24, 2.45) is 5.92 Å². The van der Waals surface area contributed by atoms with Crippen molar-refractivity contribution in [3.05, 3.63) is 0 Å². The average Bonchev–Trinajstić information content (AvgIpc) is 2.66. The third-order valence-electron chi connectivity index (χ3n) is 4.23. The van der Waals surface area contributed by atoms with Gasteiger partial charge in [-0.3, -0.25) is 4.79 Å². The van der Waals surface area contributed by atoms with E-state index in [9.17, 15) is 14.4 Å². The van der Waals surface area contributed by atoms with Gasteiger partial charge in [0.25, 0.3) is 0 Å². The Kier molecular flexibility index (Phi) is 10.6. The average molecular weight is 432 g/mol. The zero-order valence-corrected chi connectivity index (χ0v) is 19.2. The third-order valence-corrected chi connectivity index (χ3v) is 4.23. The number of amides is 1. The Labute approximate surface area is 179 Å². The number of unbranched alkanes of at least 4 members (excludes halogenated alkanes) is 1. The molecular weight excluding hydrogens is 394 g/mol. The normalized spacial score (nSPS) is 25.5. The lowest BCUT2D eigenvalue weighted by atomic mass is 10.1. The van der Waals surface area contributed by atoms with Crippen LogP contribution in [0.5, 0.6) is 0 Å². The van der Waals surface area contributed by atoms with Crippen LogP contribution in [0.2, 0.25) is 0 Å². The number of hydrogen-bond acceptors (Lipinski definition) is 8. The van der Waals surface area contributed by atoms with Crippen molar-refractivity contribution < 1.29 is 38.1 Å². The molecule has 1 amide bonds. The third kappa shape index (κ3) is 9.30. The van der Waals surface area contributed by atoms with Crippen LogP contribution in [0, 0.1) is 5.92 Å². The fourth-order valence-corrected chi connectivity index (χ4v) is 2.61. The van der Waals surface area contributed by atoms with Gasteiger partial charge in [0.05, 0.1) is 19.1 Å². The van der Waals surface area contributed by atoms with Crippen molar-refractivity contribution in [2.75, 3.05) is 19.8 Å². The van der Waals surface area contributed by atoms with Crippen molar-refractivity contribution in [1.29, 1.82) is 0 Å². The maximum atomic E-state index is 12.6. The Morgan fingerprint density at radius 3 is 2.47 bits per heavy atom. The smallest absolute Gasteiger partial charge is 0.408 e. The zero-order chi connectivity index (χ0) is 22.9. The monoisotopic (exact) mass is 431 g/mol. The molecule has 1 aliphatic rings. The van der Waals surface area contributed by atoms with Crippen molar-refractivity contribution >= 4 is 18.0 Å². The molecule has 0 aliphatic carbocycles. The second kappa shape index (κ2) is 12.1. The first-order valence-corrected chi connectivity index (χ1v) is 10.5. The largest absolute Gasteiger partial charge is 0.457 e. The summed E-state index contributed by atoms with van der Waals surface area (Å²) in [6, 6.07) is -1.06. The van der Waals surface area contributed by atoms with Gasteiger partial charge in [0.15, 0.2) is 12.1 Å². The molecule has 30 heavy (non-hydrogen) atoms. The maximum Gasteiger partial charge on any atom is 0.408 e. The minimum atomic E-state index is -1.06. The minimum Gasteiger partial charge on any atom is -0.457 e. The summed E-state index contributed by atoms with van der Waals surface area (Å²) in [5.74, 6) is -1.47. The highest BCUT2D eigenvalue weighted by molar-refractivity contribution is 5.81. The van der Waals surface area contributed by atoms with Crippen molar-refractivity contribution in [2.45, 2.75) is 91.3 Å². The molecule has 1 rings (SSSR count). The molecule has 9 nitrogen and oxygen atoms in total. The molecule has 0 aromatic carbocycles. The number of carbonyl (C=O) groups is 3. The molecule has 4 atom stereocenters. The lowest BCUT2D eigenvalue weighted by Crippen LogP contribution is -2.48. The fraction of sp³-hybridized carbons (Fsp3) is 0.857.